The standard InChI is InChI=1S/C24H24F2N4O/c1-15-20(13-27-16(2)29-15)24(31)30-10-4-5-18(14-30)23-9-8-17(12-28-23)11-19-21(25)6-3-7-22(19)26/h3,6-9,12-13,18H,4-5,10-11,14H2,1-2H3/t18-/m0/s1. The van der Waals surface area contributed by atoms with Crippen LogP contribution in [0.25, 0.3) is 0 Å². The van der Waals surface area contributed by atoms with E-state index in [1.807, 2.05) is 24.0 Å². The summed E-state index contributed by atoms with van der Waals surface area (Å²) in [6, 6.07) is 7.62. The minimum absolute atomic E-state index is 0.0437. The van der Waals surface area contributed by atoms with E-state index in [9.17, 15) is 13.6 Å². The van der Waals surface area contributed by atoms with Crippen molar-refractivity contribution in [2.24, 2.45) is 0 Å². The summed E-state index contributed by atoms with van der Waals surface area (Å²) in [5.74, 6) is -0.413. The second-order valence-electron chi connectivity index (χ2n) is 7.97. The summed E-state index contributed by atoms with van der Waals surface area (Å²) in [5.41, 5.74) is 2.88. The van der Waals surface area contributed by atoms with Gasteiger partial charge in [-0.3, -0.25) is 9.78 Å². The number of likely N-dealkylation sites (tertiary alicyclic amines) is 1. The smallest absolute Gasteiger partial charge is 0.257 e. The van der Waals surface area contributed by atoms with Gasteiger partial charge in [0, 0.05) is 49.1 Å². The fourth-order valence-corrected chi connectivity index (χ4v) is 4.05. The van der Waals surface area contributed by atoms with Gasteiger partial charge in [0.25, 0.3) is 5.91 Å². The number of pyridine rings is 1. The first kappa shape index (κ1) is 21.0. The number of aromatic nitrogens is 3. The normalized spacial score (nSPS) is 16.4. The minimum Gasteiger partial charge on any atom is -0.338 e. The molecule has 3 aromatic rings. The Labute approximate surface area is 180 Å². The molecule has 0 saturated carbocycles. The molecule has 1 aromatic carbocycles. The van der Waals surface area contributed by atoms with Gasteiger partial charge in [-0.25, -0.2) is 18.7 Å². The lowest BCUT2D eigenvalue weighted by Crippen LogP contribution is -2.39. The van der Waals surface area contributed by atoms with Crippen molar-refractivity contribution < 1.29 is 13.6 Å². The van der Waals surface area contributed by atoms with Gasteiger partial charge in [0.05, 0.1) is 11.3 Å². The largest absolute Gasteiger partial charge is 0.338 e. The number of hydrogen-bond acceptors (Lipinski definition) is 4. The highest BCUT2D eigenvalue weighted by molar-refractivity contribution is 5.95. The zero-order valence-electron chi connectivity index (χ0n) is 17.6. The van der Waals surface area contributed by atoms with E-state index >= 15 is 0 Å². The van der Waals surface area contributed by atoms with Crippen molar-refractivity contribution in [2.75, 3.05) is 13.1 Å². The van der Waals surface area contributed by atoms with Crippen molar-refractivity contribution in [2.45, 2.75) is 39.0 Å². The van der Waals surface area contributed by atoms with E-state index in [-0.39, 0.29) is 23.8 Å². The van der Waals surface area contributed by atoms with Gasteiger partial charge in [0.15, 0.2) is 0 Å². The zero-order chi connectivity index (χ0) is 22.0. The van der Waals surface area contributed by atoms with Gasteiger partial charge < -0.3 is 4.90 Å². The van der Waals surface area contributed by atoms with Crippen LogP contribution in [0.5, 0.6) is 0 Å². The Morgan fingerprint density at radius 2 is 1.87 bits per heavy atom. The predicted octanol–water partition coefficient (Wildman–Crippen LogP) is 4.38. The zero-order valence-corrected chi connectivity index (χ0v) is 17.6. The molecule has 1 aliphatic heterocycles. The average Bonchev–Trinajstić information content (AvgIpc) is 2.76. The Bertz CT molecular complexity index is 1080. The molecule has 0 aliphatic carbocycles. The molecular weight excluding hydrogens is 398 g/mol. The van der Waals surface area contributed by atoms with Crippen LogP contribution in [0.2, 0.25) is 0 Å². The minimum atomic E-state index is -0.555. The van der Waals surface area contributed by atoms with E-state index in [0.717, 1.165) is 24.1 Å². The van der Waals surface area contributed by atoms with Crippen molar-refractivity contribution in [1.29, 1.82) is 0 Å². The summed E-state index contributed by atoms with van der Waals surface area (Å²) in [4.78, 5) is 27.8. The number of nitrogens with zero attached hydrogens (tertiary/aromatic N) is 4. The molecule has 0 unspecified atom stereocenters. The molecule has 3 heterocycles. The maximum atomic E-state index is 13.9. The molecule has 7 heteroatoms. The lowest BCUT2D eigenvalue weighted by molar-refractivity contribution is 0.0704. The summed E-state index contributed by atoms with van der Waals surface area (Å²) in [6.45, 7) is 4.88. The number of carbonyl (C=O) groups is 1. The van der Waals surface area contributed by atoms with Crippen LogP contribution in [0.4, 0.5) is 8.78 Å². The van der Waals surface area contributed by atoms with Crippen LogP contribution < -0.4 is 0 Å². The van der Waals surface area contributed by atoms with Crippen LogP contribution in [0.3, 0.4) is 0 Å². The molecule has 160 valence electrons. The lowest BCUT2D eigenvalue weighted by atomic mass is 9.93. The third kappa shape index (κ3) is 4.60. The summed E-state index contributed by atoms with van der Waals surface area (Å²) >= 11 is 0. The number of rotatable bonds is 4. The van der Waals surface area contributed by atoms with Crippen LogP contribution in [0.1, 0.15) is 57.5 Å². The van der Waals surface area contributed by atoms with Crippen LogP contribution in [-0.2, 0) is 6.42 Å². The monoisotopic (exact) mass is 422 g/mol. The summed E-state index contributed by atoms with van der Waals surface area (Å²) < 4.78 is 27.8. The SMILES string of the molecule is Cc1ncc(C(=O)N2CCC[C@H](c3ccc(Cc4c(F)cccc4F)cn3)C2)c(C)n1. The highest BCUT2D eigenvalue weighted by Crippen LogP contribution is 2.27. The third-order valence-electron chi connectivity index (χ3n) is 5.75. The predicted molar refractivity (Wildman–Crippen MR) is 113 cm³/mol. The fourth-order valence-electron chi connectivity index (χ4n) is 4.05. The highest BCUT2D eigenvalue weighted by atomic mass is 19.1. The molecule has 1 aliphatic rings. The number of hydrogen-bond donors (Lipinski definition) is 0. The van der Waals surface area contributed by atoms with Gasteiger partial charge in [0.1, 0.15) is 17.5 Å². The van der Waals surface area contributed by atoms with Crippen LogP contribution in [0.15, 0.2) is 42.7 Å². The molecule has 4 rings (SSSR count). The second-order valence-corrected chi connectivity index (χ2v) is 7.97. The number of aryl methyl sites for hydroxylation is 2. The molecule has 1 fully saturated rings. The van der Waals surface area contributed by atoms with Gasteiger partial charge in [-0.1, -0.05) is 12.1 Å². The number of piperidine rings is 1. The fraction of sp³-hybridized carbons (Fsp3) is 0.333. The molecular formula is C24H24F2N4O. The summed E-state index contributed by atoms with van der Waals surface area (Å²) in [7, 11) is 0. The molecule has 0 N–H and O–H groups in total. The third-order valence-corrected chi connectivity index (χ3v) is 5.75. The van der Waals surface area contributed by atoms with Crippen LogP contribution in [-0.4, -0.2) is 38.8 Å². The Balaban J connectivity index is 1.46. The van der Waals surface area contributed by atoms with Gasteiger partial charge in [0.2, 0.25) is 0 Å². The van der Waals surface area contributed by atoms with Crippen molar-refractivity contribution in [3.05, 3.63) is 88.3 Å². The molecule has 0 radical (unpaired) electrons. The van der Waals surface area contributed by atoms with E-state index in [1.165, 1.54) is 18.2 Å². The Morgan fingerprint density at radius 3 is 2.55 bits per heavy atom. The molecule has 2 aromatic heterocycles. The van der Waals surface area contributed by atoms with Crippen molar-refractivity contribution in [3.8, 4) is 0 Å². The van der Waals surface area contributed by atoms with Crippen LogP contribution >= 0.6 is 0 Å². The molecule has 0 spiro atoms. The van der Waals surface area contributed by atoms with Crippen molar-refractivity contribution >= 4 is 5.91 Å². The highest BCUT2D eigenvalue weighted by Gasteiger charge is 2.27. The first-order valence-corrected chi connectivity index (χ1v) is 10.4. The number of halogens is 2. The maximum Gasteiger partial charge on any atom is 0.257 e. The summed E-state index contributed by atoms with van der Waals surface area (Å²) in [5, 5.41) is 0. The first-order valence-electron chi connectivity index (χ1n) is 10.4. The summed E-state index contributed by atoms with van der Waals surface area (Å²) in [6.07, 6.45) is 5.22. The van der Waals surface area contributed by atoms with Crippen molar-refractivity contribution in [1.82, 2.24) is 19.9 Å². The maximum absolute atomic E-state index is 13.9. The number of amides is 1. The second kappa shape index (κ2) is 8.88. The van der Waals surface area contributed by atoms with E-state index in [2.05, 4.69) is 15.0 Å². The Hall–Kier alpha value is -3.22. The quantitative estimate of drug-likeness (QED) is 0.626. The molecule has 5 nitrogen and oxygen atoms in total. The number of carbonyl (C=O) groups excluding carboxylic acids is 1. The van der Waals surface area contributed by atoms with E-state index in [1.54, 1.807) is 19.3 Å². The topological polar surface area (TPSA) is 59.0 Å². The first-order chi connectivity index (χ1) is 14.9. The Kier molecular flexibility index (Phi) is 6.02. The molecule has 1 atom stereocenters. The average molecular weight is 422 g/mol. The lowest BCUT2D eigenvalue weighted by Gasteiger charge is -2.32. The Morgan fingerprint density at radius 1 is 1.10 bits per heavy atom. The van der Waals surface area contributed by atoms with Crippen molar-refractivity contribution in [3.63, 3.8) is 0 Å². The van der Waals surface area contributed by atoms with E-state index < -0.39 is 11.6 Å². The van der Waals surface area contributed by atoms with Crippen LogP contribution in [0, 0.1) is 25.5 Å². The molecule has 1 amide bonds. The number of benzene rings is 1. The van der Waals surface area contributed by atoms with Gasteiger partial charge in [-0.2, -0.15) is 0 Å². The molecule has 31 heavy (non-hydrogen) atoms. The van der Waals surface area contributed by atoms with E-state index in [4.69, 9.17) is 0 Å². The molecule has 1 saturated heterocycles. The van der Waals surface area contributed by atoms with Gasteiger partial charge in [-0.05, 0) is 50.5 Å². The van der Waals surface area contributed by atoms with Gasteiger partial charge in [-0.15, -0.1) is 0 Å². The molecule has 0 bridgehead atoms. The van der Waals surface area contributed by atoms with Gasteiger partial charge >= 0.3 is 0 Å². The van der Waals surface area contributed by atoms with E-state index in [0.29, 0.717) is 30.2 Å².